The van der Waals surface area contributed by atoms with E-state index < -0.39 is 10.0 Å². The number of sulfonamides is 1. The lowest BCUT2D eigenvalue weighted by atomic mass is 10.3. The highest BCUT2D eigenvalue weighted by Gasteiger charge is 2.18. The maximum Gasteiger partial charge on any atom is 0.280 e. The highest BCUT2D eigenvalue weighted by Crippen LogP contribution is 2.13. The molecule has 0 atom stereocenters. The molecule has 0 aliphatic rings. The second kappa shape index (κ2) is 4.46. The third-order valence-corrected chi connectivity index (χ3v) is 3.61. The SMILES string of the molecule is Cn1nccc1S(=O)(=O)Nc1ccc(C#N)cn1. The molecule has 0 aliphatic carbocycles. The molecular formula is C10H9N5O2S. The lowest BCUT2D eigenvalue weighted by molar-refractivity contribution is 0.582. The summed E-state index contributed by atoms with van der Waals surface area (Å²) in [5.41, 5.74) is 0.360. The zero-order valence-corrected chi connectivity index (χ0v) is 10.2. The minimum atomic E-state index is -3.72. The van der Waals surface area contributed by atoms with Gasteiger partial charge in [0.15, 0.2) is 5.03 Å². The van der Waals surface area contributed by atoms with Crippen molar-refractivity contribution in [3.63, 3.8) is 0 Å². The van der Waals surface area contributed by atoms with E-state index in [1.165, 1.54) is 42.3 Å². The first-order valence-corrected chi connectivity index (χ1v) is 6.38. The third kappa shape index (κ3) is 2.31. The molecule has 2 heterocycles. The molecule has 0 saturated carbocycles. The van der Waals surface area contributed by atoms with Crippen LogP contribution in [0.25, 0.3) is 0 Å². The van der Waals surface area contributed by atoms with E-state index in [2.05, 4.69) is 14.8 Å². The van der Waals surface area contributed by atoms with Gasteiger partial charge in [0.2, 0.25) is 0 Å². The van der Waals surface area contributed by atoms with Crippen LogP contribution in [-0.4, -0.2) is 23.2 Å². The van der Waals surface area contributed by atoms with Crippen LogP contribution in [0.2, 0.25) is 0 Å². The molecule has 0 radical (unpaired) electrons. The van der Waals surface area contributed by atoms with Crippen LogP contribution in [0.5, 0.6) is 0 Å². The molecule has 7 nitrogen and oxygen atoms in total. The van der Waals surface area contributed by atoms with Crippen LogP contribution in [0.15, 0.2) is 35.6 Å². The van der Waals surface area contributed by atoms with Crippen LogP contribution in [-0.2, 0) is 17.1 Å². The van der Waals surface area contributed by atoms with Crippen LogP contribution in [0.3, 0.4) is 0 Å². The number of pyridine rings is 1. The number of hydrogen-bond acceptors (Lipinski definition) is 5. The molecule has 92 valence electrons. The molecule has 2 aromatic rings. The van der Waals surface area contributed by atoms with Gasteiger partial charge in [-0.3, -0.25) is 9.40 Å². The number of aryl methyl sites for hydroxylation is 1. The summed E-state index contributed by atoms with van der Waals surface area (Å²) in [4.78, 5) is 3.83. The van der Waals surface area contributed by atoms with Gasteiger partial charge >= 0.3 is 0 Å². The minimum absolute atomic E-state index is 0.0358. The minimum Gasteiger partial charge on any atom is -0.262 e. The molecular weight excluding hydrogens is 254 g/mol. The fourth-order valence-electron chi connectivity index (χ4n) is 1.34. The van der Waals surface area contributed by atoms with Gasteiger partial charge in [0, 0.05) is 13.2 Å². The third-order valence-electron chi connectivity index (χ3n) is 2.18. The van der Waals surface area contributed by atoms with Gasteiger partial charge in [0.25, 0.3) is 10.0 Å². The first-order valence-electron chi connectivity index (χ1n) is 4.90. The van der Waals surface area contributed by atoms with E-state index in [0.29, 0.717) is 5.56 Å². The summed E-state index contributed by atoms with van der Waals surface area (Å²) in [7, 11) is -2.19. The van der Waals surface area contributed by atoms with Crippen molar-refractivity contribution in [1.82, 2.24) is 14.8 Å². The molecule has 0 fully saturated rings. The maximum absolute atomic E-state index is 12.0. The largest absolute Gasteiger partial charge is 0.280 e. The molecule has 0 saturated heterocycles. The number of anilines is 1. The van der Waals surface area contributed by atoms with Gasteiger partial charge in [-0.25, -0.2) is 4.98 Å². The number of hydrogen-bond donors (Lipinski definition) is 1. The molecule has 2 rings (SSSR count). The highest BCUT2D eigenvalue weighted by molar-refractivity contribution is 7.92. The topological polar surface area (TPSA) is 101 Å². The maximum atomic E-state index is 12.0. The summed E-state index contributed by atoms with van der Waals surface area (Å²) in [6.45, 7) is 0. The normalized spacial score (nSPS) is 10.9. The highest BCUT2D eigenvalue weighted by atomic mass is 32.2. The van der Waals surface area contributed by atoms with E-state index in [0.717, 1.165) is 0 Å². The van der Waals surface area contributed by atoms with Gasteiger partial charge in [0.05, 0.1) is 11.8 Å². The van der Waals surface area contributed by atoms with Crippen molar-refractivity contribution in [2.75, 3.05) is 4.72 Å². The fourth-order valence-corrected chi connectivity index (χ4v) is 2.47. The number of nitrogens with zero attached hydrogens (tertiary/aromatic N) is 4. The Labute approximate surface area is 104 Å². The van der Waals surface area contributed by atoms with Crippen LogP contribution in [0.1, 0.15) is 5.56 Å². The van der Waals surface area contributed by atoms with Gasteiger partial charge in [0.1, 0.15) is 11.9 Å². The quantitative estimate of drug-likeness (QED) is 0.868. The van der Waals surface area contributed by atoms with Crippen molar-refractivity contribution in [3.8, 4) is 6.07 Å². The van der Waals surface area contributed by atoms with Crippen molar-refractivity contribution in [3.05, 3.63) is 36.2 Å². The van der Waals surface area contributed by atoms with Gasteiger partial charge in [-0.1, -0.05) is 0 Å². The summed E-state index contributed by atoms with van der Waals surface area (Å²) in [5.74, 6) is 0.148. The molecule has 1 N–H and O–H groups in total. The number of aromatic nitrogens is 3. The summed E-state index contributed by atoms with van der Waals surface area (Å²) in [6, 6.07) is 6.18. The summed E-state index contributed by atoms with van der Waals surface area (Å²) >= 11 is 0. The summed E-state index contributed by atoms with van der Waals surface area (Å²) in [6.07, 6.45) is 2.68. The van der Waals surface area contributed by atoms with Crippen LogP contribution >= 0.6 is 0 Å². The number of nitrogens with one attached hydrogen (secondary N) is 1. The van der Waals surface area contributed by atoms with Crippen molar-refractivity contribution in [1.29, 1.82) is 5.26 Å². The standard InChI is InChI=1S/C10H9N5O2S/c1-15-10(4-5-13-15)18(16,17)14-9-3-2-8(6-11)7-12-9/h2-5,7H,1H3,(H,12,14). The van der Waals surface area contributed by atoms with Gasteiger partial charge < -0.3 is 0 Å². The molecule has 0 aromatic carbocycles. The first-order chi connectivity index (χ1) is 8.53. The van der Waals surface area contributed by atoms with E-state index in [-0.39, 0.29) is 10.8 Å². The van der Waals surface area contributed by atoms with Gasteiger partial charge in [-0.05, 0) is 18.2 Å². The molecule has 0 bridgehead atoms. The molecule has 18 heavy (non-hydrogen) atoms. The van der Waals surface area contributed by atoms with Crippen molar-refractivity contribution in [2.24, 2.45) is 7.05 Å². The average Bonchev–Trinajstić information content (AvgIpc) is 2.77. The Hall–Kier alpha value is -2.40. The van der Waals surface area contributed by atoms with E-state index in [1.807, 2.05) is 6.07 Å². The van der Waals surface area contributed by atoms with Crippen LogP contribution in [0, 0.1) is 11.3 Å². The van der Waals surface area contributed by atoms with E-state index in [1.54, 1.807) is 0 Å². The summed E-state index contributed by atoms with van der Waals surface area (Å²) < 4.78 is 27.5. The molecule has 8 heteroatoms. The van der Waals surface area contributed by atoms with Crippen molar-refractivity contribution >= 4 is 15.8 Å². The Bertz CT molecular complexity index is 697. The number of rotatable bonds is 3. The number of nitriles is 1. The van der Waals surface area contributed by atoms with E-state index in [4.69, 9.17) is 5.26 Å². The Kier molecular flexibility index (Phi) is 2.99. The van der Waals surface area contributed by atoms with Crippen molar-refractivity contribution in [2.45, 2.75) is 5.03 Å². The molecule has 0 aliphatic heterocycles. The molecule has 2 aromatic heterocycles. The molecule has 0 spiro atoms. The average molecular weight is 263 g/mol. The van der Waals surface area contributed by atoms with E-state index >= 15 is 0 Å². The lowest BCUT2D eigenvalue weighted by Crippen LogP contribution is -2.17. The second-order valence-electron chi connectivity index (χ2n) is 3.44. The molecule has 0 amide bonds. The Balaban J connectivity index is 2.28. The predicted octanol–water partition coefficient (Wildman–Crippen LogP) is 0.488. The fraction of sp³-hybridized carbons (Fsp3) is 0.100. The Morgan fingerprint density at radius 1 is 1.39 bits per heavy atom. The smallest absolute Gasteiger partial charge is 0.262 e. The van der Waals surface area contributed by atoms with Gasteiger partial charge in [-0.2, -0.15) is 18.8 Å². The van der Waals surface area contributed by atoms with Crippen LogP contribution in [0.4, 0.5) is 5.82 Å². The Morgan fingerprint density at radius 3 is 2.67 bits per heavy atom. The van der Waals surface area contributed by atoms with Crippen molar-refractivity contribution < 1.29 is 8.42 Å². The second-order valence-corrected chi connectivity index (χ2v) is 5.07. The predicted molar refractivity (Wildman–Crippen MR) is 63.0 cm³/mol. The van der Waals surface area contributed by atoms with Gasteiger partial charge in [-0.15, -0.1) is 0 Å². The summed E-state index contributed by atoms with van der Waals surface area (Å²) in [5, 5.41) is 12.4. The molecule has 0 unspecified atom stereocenters. The Morgan fingerprint density at radius 2 is 2.17 bits per heavy atom. The zero-order valence-electron chi connectivity index (χ0n) is 9.40. The monoisotopic (exact) mass is 263 g/mol. The lowest BCUT2D eigenvalue weighted by Gasteiger charge is -2.06. The van der Waals surface area contributed by atoms with Crippen LogP contribution < -0.4 is 4.72 Å². The first kappa shape index (κ1) is 12.1. The zero-order chi connectivity index (χ0) is 13.2. The van der Waals surface area contributed by atoms with E-state index in [9.17, 15) is 8.42 Å².